The molecule has 1 aromatic carbocycles. The first-order valence-electron chi connectivity index (χ1n) is 5.24. The van der Waals surface area contributed by atoms with Crippen LogP contribution in [-0.2, 0) is 5.88 Å². The van der Waals surface area contributed by atoms with Crippen LogP contribution in [0.2, 0.25) is 0 Å². The Bertz CT molecular complexity index is 536. The van der Waals surface area contributed by atoms with Gasteiger partial charge in [0.25, 0.3) is 0 Å². The molecule has 5 heteroatoms. The van der Waals surface area contributed by atoms with Gasteiger partial charge in [0, 0.05) is 6.20 Å². The van der Waals surface area contributed by atoms with Crippen LogP contribution < -0.4 is 0 Å². The summed E-state index contributed by atoms with van der Waals surface area (Å²) in [6.07, 6.45) is 3.43. The molecule has 0 atom stereocenters. The molecule has 0 unspecified atom stereocenters. The molecular weight excluding hydrogens is 269 g/mol. The number of fused-ring (bicyclic) bond motifs is 1. The van der Waals surface area contributed by atoms with Crippen molar-refractivity contribution in [2.45, 2.75) is 5.88 Å². The zero-order valence-corrected chi connectivity index (χ0v) is 11.2. The first-order chi connectivity index (χ1) is 8.40. The van der Waals surface area contributed by atoms with E-state index < -0.39 is 0 Å². The van der Waals surface area contributed by atoms with Crippen LogP contribution in [0.25, 0.3) is 11.0 Å². The molecule has 2 aromatic heterocycles. The largest absolute Gasteiger partial charge is 0.345 e. The van der Waals surface area contributed by atoms with Crippen molar-refractivity contribution in [2.24, 2.45) is 0 Å². The van der Waals surface area contributed by atoms with Crippen molar-refractivity contribution in [3.63, 3.8) is 0 Å². The summed E-state index contributed by atoms with van der Waals surface area (Å²) >= 11 is 5.46. The van der Waals surface area contributed by atoms with E-state index in [1.165, 1.54) is 0 Å². The van der Waals surface area contributed by atoms with E-state index in [2.05, 4.69) is 15.0 Å². The summed E-state index contributed by atoms with van der Waals surface area (Å²) in [6, 6.07) is 13.6. The molecule has 0 aliphatic carbocycles. The third-order valence-corrected chi connectivity index (χ3v) is 2.46. The quantitative estimate of drug-likeness (QED) is 0.690. The molecule has 18 heavy (non-hydrogen) atoms. The topological polar surface area (TPSA) is 41.6 Å². The van der Waals surface area contributed by atoms with E-state index in [9.17, 15) is 0 Å². The van der Waals surface area contributed by atoms with Gasteiger partial charge >= 0.3 is 0 Å². The van der Waals surface area contributed by atoms with Crippen LogP contribution in [0.15, 0.2) is 55.0 Å². The van der Waals surface area contributed by atoms with Crippen LogP contribution in [-0.4, -0.2) is 15.0 Å². The number of H-pyrrole nitrogens is 1. The lowest BCUT2D eigenvalue weighted by atomic mass is 10.3. The highest BCUT2D eigenvalue weighted by Crippen LogP contribution is 2.05. The number of halogens is 2. The zero-order valence-electron chi connectivity index (χ0n) is 9.58. The molecule has 0 amide bonds. The number of benzene rings is 1. The minimum atomic E-state index is 0. The van der Waals surface area contributed by atoms with Gasteiger partial charge in [-0.2, -0.15) is 0 Å². The van der Waals surface area contributed by atoms with Crippen molar-refractivity contribution in [1.82, 2.24) is 15.0 Å². The minimum Gasteiger partial charge on any atom is -0.345 e. The highest BCUT2D eigenvalue weighted by atomic mass is 35.5. The number of imidazole rings is 1. The fraction of sp³-hybridized carbons (Fsp3) is 0.0769. The summed E-state index contributed by atoms with van der Waals surface area (Å²) in [5.74, 6) is 0.501. The fourth-order valence-corrected chi connectivity index (χ4v) is 1.51. The molecule has 3 rings (SSSR count). The predicted octanol–water partition coefficient (Wildman–Crippen LogP) is 3.81. The van der Waals surface area contributed by atoms with Gasteiger partial charge in [0.15, 0.2) is 0 Å². The third kappa shape index (κ3) is 4.02. The molecule has 0 aliphatic heterocycles. The van der Waals surface area contributed by atoms with Gasteiger partial charge in [-0.25, -0.2) is 4.98 Å². The van der Waals surface area contributed by atoms with Gasteiger partial charge < -0.3 is 4.98 Å². The average Bonchev–Trinajstić information content (AvgIpc) is 2.89. The monoisotopic (exact) mass is 281 g/mol. The average molecular weight is 282 g/mol. The number of aromatic amines is 1. The summed E-state index contributed by atoms with van der Waals surface area (Å²) in [7, 11) is 0. The molecule has 0 aliphatic rings. The number of hydrogen-bond donors (Lipinski definition) is 1. The third-order valence-electron chi connectivity index (χ3n) is 2.19. The molecule has 0 saturated carbocycles. The molecule has 94 valence electrons. The van der Waals surface area contributed by atoms with E-state index in [4.69, 9.17) is 11.6 Å². The second-order valence-corrected chi connectivity index (χ2v) is 3.64. The maximum Gasteiger partial charge on any atom is 0.0931 e. The Morgan fingerprint density at radius 2 is 1.78 bits per heavy atom. The molecule has 2 heterocycles. The van der Waals surface area contributed by atoms with E-state index in [0.29, 0.717) is 5.88 Å². The van der Waals surface area contributed by atoms with E-state index in [0.717, 1.165) is 16.7 Å². The van der Waals surface area contributed by atoms with E-state index in [1.54, 1.807) is 12.5 Å². The Morgan fingerprint density at radius 1 is 1.00 bits per heavy atom. The van der Waals surface area contributed by atoms with Crippen LogP contribution in [0, 0.1) is 0 Å². The van der Waals surface area contributed by atoms with Crippen LogP contribution in [0.1, 0.15) is 5.69 Å². The predicted molar refractivity (Wildman–Crippen MR) is 77.1 cm³/mol. The van der Waals surface area contributed by atoms with Gasteiger partial charge in [0.1, 0.15) is 0 Å². The highest BCUT2D eigenvalue weighted by Gasteiger charge is 1.88. The summed E-state index contributed by atoms with van der Waals surface area (Å²) < 4.78 is 0. The van der Waals surface area contributed by atoms with E-state index >= 15 is 0 Å². The highest BCUT2D eigenvalue weighted by molar-refractivity contribution is 6.16. The van der Waals surface area contributed by atoms with E-state index in [-0.39, 0.29) is 12.4 Å². The SMILES string of the molecule is Cl.ClCc1ccccn1.c1ccc2[nH]cnc2c1. The molecule has 0 bridgehead atoms. The summed E-state index contributed by atoms with van der Waals surface area (Å²) in [6.45, 7) is 0. The number of alkyl halides is 1. The summed E-state index contributed by atoms with van der Waals surface area (Å²) in [4.78, 5) is 11.0. The summed E-state index contributed by atoms with van der Waals surface area (Å²) in [5, 5.41) is 0. The van der Waals surface area contributed by atoms with Crippen LogP contribution in [0.4, 0.5) is 0 Å². The standard InChI is InChI=1S/C7H6N2.C6H6ClN.ClH/c1-2-4-7-6(3-1)8-5-9-7;7-5-6-3-1-2-4-8-6;/h1-5H,(H,8,9);1-4H,5H2;1H. The van der Waals surface area contributed by atoms with Crippen LogP contribution in [0.5, 0.6) is 0 Å². The van der Waals surface area contributed by atoms with Gasteiger partial charge in [-0.3, -0.25) is 4.98 Å². The lowest BCUT2D eigenvalue weighted by molar-refractivity contribution is 1.17. The van der Waals surface area contributed by atoms with Crippen molar-refractivity contribution >= 4 is 35.0 Å². The molecule has 0 fully saturated rings. The number of nitrogens with zero attached hydrogens (tertiary/aromatic N) is 2. The van der Waals surface area contributed by atoms with Crippen molar-refractivity contribution in [2.75, 3.05) is 0 Å². The molecule has 1 N–H and O–H groups in total. The molecule has 0 spiro atoms. The maximum atomic E-state index is 5.46. The second-order valence-electron chi connectivity index (χ2n) is 3.37. The molecule has 0 radical (unpaired) electrons. The lowest BCUT2D eigenvalue weighted by Gasteiger charge is -1.87. The van der Waals surface area contributed by atoms with Gasteiger partial charge in [-0.1, -0.05) is 18.2 Å². The molecule has 0 saturated heterocycles. The Labute approximate surface area is 117 Å². The normalized spacial score (nSPS) is 9.17. The molecule has 3 aromatic rings. The fourth-order valence-electron chi connectivity index (χ4n) is 1.36. The van der Waals surface area contributed by atoms with Gasteiger partial charge in [0.05, 0.1) is 28.9 Å². The zero-order chi connectivity index (χ0) is 11.9. The summed E-state index contributed by atoms with van der Waals surface area (Å²) in [5.41, 5.74) is 3.05. The number of rotatable bonds is 1. The first kappa shape index (κ1) is 14.5. The number of aromatic nitrogens is 3. The number of nitrogens with one attached hydrogen (secondary N) is 1. The van der Waals surface area contributed by atoms with Crippen molar-refractivity contribution in [3.8, 4) is 0 Å². The molecular formula is C13H13Cl2N3. The Balaban J connectivity index is 0.000000172. The van der Waals surface area contributed by atoms with Gasteiger partial charge in [-0.15, -0.1) is 24.0 Å². The Morgan fingerprint density at radius 3 is 2.39 bits per heavy atom. The maximum absolute atomic E-state index is 5.46. The number of para-hydroxylation sites is 2. The van der Waals surface area contributed by atoms with Crippen molar-refractivity contribution < 1.29 is 0 Å². The van der Waals surface area contributed by atoms with Crippen LogP contribution in [0.3, 0.4) is 0 Å². The van der Waals surface area contributed by atoms with E-state index in [1.807, 2.05) is 42.5 Å². The Hall–Kier alpha value is -1.58. The minimum absolute atomic E-state index is 0. The van der Waals surface area contributed by atoms with Crippen molar-refractivity contribution in [1.29, 1.82) is 0 Å². The molecule has 3 nitrogen and oxygen atoms in total. The number of hydrogen-bond acceptors (Lipinski definition) is 2. The number of pyridine rings is 1. The second kappa shape index (κ2) is 7.69. The Kier molecular flexibility index (Phi) is 6.19. The lowest BCUT2D eigenvalue weighted by Crippen LogP contribution is -1.79. The first-order valence-corrected chi connectivity index (χ1v) is 5.77. The van der Waals surface area contributed by atoms with Crippen molar-refractivity contribution in [3.05, 3.63) is 60.7 Å². The van der Waals surface area contributed by atoms with Gasteiger partial charge in [-0.05, 0) is 24.3 Å². The van der Waals surface area contributed by atoms with Gasteiger partial charge in [0.2, 0.25) is 0 Å². The smallest absolute Gasteiger partial charge is 0.0931 e. The van der Waals surface area contributed by atoms with Crippen LogP contribution >= 0.6 is 24.0 Å².